The number of hydrogen-bond acceptors (Lipinski definition) is 10. The van der Waals surface area contributed by atoms with Crippen LogP contribution in [0.3, 0.4) is 0 Å². The molecule has 2 aromatic carbocycles. The maximum absolute atomic E-state index is 14.5. The topological polar surface area (TPSA) is 189 Å². The second-order valence-corrected chi connectivity index (χ2v) is 17.3. The molecule has 0 bridgehead atoms. The standard InChI is InChI=1S/C36H47N5O10S/c1-21(2)17-26(38-30(43)22-13-15-24(16-14-22)37-33(46)50-35(3,4)5)32(45)41-29-27(19-40(41)34(47)51-36(6,7)8)39(20-28(29)42)31(44)23-11-10-12-25(18-23)52(9,48)49/h10-16,18,21,26-27,29H,17,19-20H2,1-9H3,(H,37,46)(H,38,43)/t26-,27?,29?/m0/s1. The molecule has 282 valence electrons. The van der Waals surface area contributed by atoms with Gasteiger partial charge >= 0.3 is 12.2 Å². The number of nitrogens with one attached hydrogen (secondary N) is 2. The molecule has 2 unspecified atom stereocenters. The number of carbonyl (C=O) groups excluding carboxylic acids is 6. The number of fused-ring (bicyclic) bond motifs is 1. The number of ether oxygens (including phenoxy) is 2. The van der Waals surface area contributed by atoms with Gasteiger partial charge in [-0.25, -0.2) is 28.0 Å². The second kappa shape index (κ2) is 14.9. The molecule has 2 aliphatic heterocycles. The predicted octanol–water partition coefficient (Wildman–Crippen LogP) is 4.04. The van der Waals surface area contributed by atoms with Crippen molar-refractivity contribution >= 4 is 51.2 Å². The first-order valence-corrected chi connectivity index (χ1v) is 18.7. The first kappa shape index (κ1) is 39.8. The lowest BCUT2D eigenvalue weighted by atomic mass is 10.0. The summed E-state index contributed by atoms with van der Waals surface area (Å²) in [5.41, 5.74) is -1.13. The number of hydrogen-bond donors (Lipinski definition) is 2. The summed E-state index contributed by atoms with van der Waals surface area (Å²) >= 11 is 0. The normalized spacial score (nSPS) is 18.2. The molecule has 3 atom stereocenters. The van der Waals surface area contributed by atoms with Crippen LogP contribution in [0.1, 0.15) is 82.5 Å². The largest absolute Gasteiger partial charge is 0.444 e. The number of benzene rings is 2. The van der Waals surface area contributed by atoms with Crippen LogP contribution in [0.15, 0.2) is 53.4 Å². The highest BCUT2D eigenvalue weighted by Crippen LogP contribution is 2.33. The molecule has 16 heteroatoms. The van der Waals surface area contributed by atoms with Crippen LogP contribution in [-0.2, 0) is 28.9 Å². The van der Waals surface area contributed by atoms with E-state index >= 15 is 0 Å². The van der Waals surface area contributed by atoms with E-state index in [9.17, 15) is 37.2 Å². The van der Waals surface area contributed by atoms with E-state index in [1.165, 1.54) is 53.4 Å². The van der Waals surface area contributed by atoms with Crippen LogP contribution in [-0.4, -0.2) is 108 Å². The van der Waals surface area contributed by atoms with E-state index in [0.717, 1.165) is 16.3 Å². The summed E-state index contributed by atoms with van der Waals surface area (Å²) in [6.45, 7) is 13.1. The Kier molecular flexibility index (Phi) is 11.4. The smallest absolute Gasteiger partial charge is 0.429 e. The third-order valence-corrected chi connectivity index (χ3v) is 9.12. The first-order valence-electron chi connectivity index (χ1n) is 16.8. The van der Waals surface area contributed by atoms with Crippen molar-refractivity contribution < 1.29 is 46.7 Å². The van der Waals surface area contributed by atoms with Crippen molar-refractivity contribution in [1.29, 1.82) is 0 Å². The maximum atomic E-state index is 14.5. The van der Waals surface area contributed by atoms with Gasteiger partial charge in [0, 0.05) is 23.1 Å². The van der Waals surface area contributed by atoms with Crippen LogP contribution < -0.4 is 10.6 Å². The molecule has 52 heavy (non-hydrogen) atoms. The Morgan fingerprint density at radius 1 is 0.904 bits per heavy atom. The van der Waals surface area contributed by atoms with Crippen molar-refractivity contribution in [3.63, 3.8) is 0 Å². The quantitative estimate of drug-likeness (QED) is 0.400. The highest BCUT2D eigenvalue weighted by molar-refractivity contribution is 7.90. The zero-order valence-electron chi connectivity index (χ0n) is 30.9. The molecule has 2 aliphatic rings. The van der Waals surface area contributed by atoms with Gasteiger partial charge in [-0.1, -0.05) is 19.9 Å². The molecule has 5 amide bonds. The van der Waals surface area contributed by atoms with Crippen LogP contribution in [0.2, 0.25) is 0 Å². The molecule has 2 fully saturated rings. The Hall–Kier alpha value is -4.99. The van der Waals surface area contributed by atoms with Gasteiger partial charge in [-0.05, 0) is 96.3 Å². The molecule has 0 radical (unpaired) electrons. The van der Waals surface area contributed by atoms with Gasteiger partial charge in [0.05, 0.1) is 24.0 Å². The average molecular weight is 742 g/mol. The first-order chi connectivity index (χ1) is 23.9. The maximum Gasteiger partial charge on any atom is 0.429 e. The summed E-state index contributed by atoms with van der Waals surface area (Å²) in [5.74, 6) is -2.68. The van der Waals surface area contributed by atoms with Gasteiger partial charge in [0.15, 0.2) is 15.6 Å². The number of anilines is 1. The van der Waals surface area contributed by atoms with Crippen LogP contribution >= 0.6 is 0 Å². The van der Waals surface area contributed by atoms with Gasteiger partial charge in [0.25, 0.3) is 17.7 Å². The Balaban J connectivity index is 1.63. The van der Waals surface area contributed by atoms with E-state index in [1.807, 2.05) is 13.8 Å². The van der Waals surface area contributed by atoms with E-state index < -0.39 is 81.4 Å². The SMILES string of the molecule is CC(C)C[C@H](NC(=O)c1ccc(NC(=O)OC(C)(C)C)cc1)C(=O)N1C2C(=O)CN(C(=O)c3cccc(S(C)(=O)=O)c3)C2CN1C(=O)OC(C)(C)C. The van der Waals surface area contributed by atoms with Crippen LogP contribution in [0.25, 0.3) is 0 Å². The zero-order valence-corrected chi connectivity index (χ0v) is 31.7. The number of Topliss-reactive ketones (excluding diaryl/α,β-unsaturated/α-hetero) is 1. The van der Waals surface area contributed by atoms with Crippen LogP contribution in [0.4, 0.5) is 15.3 Å². The third kappa shape index (κ3) is 9.66. The average Bonchev–Trinajstić information content (AvgIpc) is 3.55. The molecule has 0 saturated carbocycles. The summed E-state index contributed by atoms with van der Waals surface area (Å²) < 4.78 is 35.2. The van der Waals surface area contributed by atoms with Crippen molar-refractivity contribution in [3.05, 3.63) is 59.7 Å². The van der Waals surface area contributed by atoms with Gasteiger partial charge in [0.1, 0.15) is 23.3 Å². The highest BCUT2D eigenvalue weighted by Gasteiger charge is 2.58. The fourth-order valence-electron chi connectivity index (χ4n) is 5.88. The van der Waals surface area contributed by atoms with Crippen molar-refractivity contribution in [2.45, 2.75) is 96.0 Å². The minimum absolute atomic E-state index is 0.0160. The number of hydrazine groups is 1. The third-order valence-electron chi connectivity index (χ3n) is 8.01. The highest BCUT2D eigenvalue weighted by atomic mass is 32.2. The minimum atomic E-state index is -3.65. The lowest BCUT2D eigenvalue weighted by Crippen LogP contribution is -2.58. The second-order valence-electron chi connectivity index (χ2n) is 15.3. The molecule has 0 aromatic heterocycles. The molecule has 15 nitrogen and oxygen atoms in total. The van der Waals surface area contributed by atoms with Gasteiger partial charge in [-0.2, -0.15) is 0 Å². The van der Waals surface area contributed by atoms with Crippen molar-refractivity contribution in [2.24, 2.45) is 5.92 Å². The number of rotatable bonds is 8. The molecule has 2 heterocycles. The molecule has 2 N–H and O–H groups in total. The van der Waals surface area contributed by atoms with Crippen LogP contribution in [0.5, 0.6) is 0 Å². The Labute approximate surface area is 303 Å². The number of carbonyl (C=O) groups is 6. The summed E-state index contributed by atoms with van der Waals surface area (Å²) in [4.78, 5) is 82.3. The van der Waals surface area contributed by atoms with Gasteiger partial charge in [-0.3, -0.25) is 24.5 Å². The van der Waals surface area contributed by atoms with E-state index in [4.69, 9.17) is 9.47 Å². The van der Waals surface area contributed by atoms with Crippen LogP contribution in [0, 0.1) is 5.92 Å². The molecule has 4 rings (SSSR count). The lowest BCUT2D eigenvalue weighted by molar-refractivity contribution is -0.152. The van der Waals surface area contributed by atoms with E-state index in [2.05, 4.69) is 10.6 Å². The molecule has 0 spiro atoms. The summed E-state index contributed by atoms with van der Waals surface area (Å²) in [7, 11) is -3.65. The monoisotopic (exact) mass is 741 g/mol. The van der Waals surface area contributed by atoms with Gasteiger partial charge in [0.2, 0.25) is 0 Å². The fourth-order valence-corrected chi connectivity index (χ4v) is 6.55. The molecule has 0 aliphatic carbocycles. The van der Waals surface area contributed by atoms with E-state index in [1.54, 1.807) is 41.5 Å². The molecule has 2 saturated heterocycles. The Morgan fingerprint density at radius 3 is 2.08 bits per heavy atom. The number of sulfone groups is 1. The van der Waals surface area contributed by atoms with E-state index in [0.29, 0.717) is 5.69 Å². The predicted molar refractivity (Wildman–Crippen MR) is 190 cm³/mol. The van der Waals surface area contributed by atoms with E-state index in [-0.39, 0.29) is 34.9 Å². The number of nitrogens with zero attached hydrogens (tertiary/aromatic N) is 3. The fraction of sp³-hybridized carbons (Fsp3) is 0.500. The summed E-state index contributed by atoms with van der Waals surface area (Å²) in [6, 6.07) is 7.85. The van der Waals surface area contributed by atoms with Crippen molar-refractivity contribution in [1.82, 2.24) is 20.2 Å². The minimum Gasteiger partial charge on any atom is -0.444 e. The van der Waals surface area contributed by atoms with Gasteiger partial charge < -0.3 is 19.7 Å². The van der Waals surface area contributed by atoms with Crippen molar-refractivity contribution in [2.75, 3.05) is 24.7 Å². The Bertz CT molecular complexity index is 1850. The number of amides is 5. The molecular weight excluding hydrogens is 694 g/mol. The summed E-state index contributed by atoms with van der Waals surface area (Å²) in [6.07, 6.45) is -0.461. The lowest BCUT2D eigenvalue weighted by Gasteiger charge is -2.35. The summed E-state index contributed by atoms with van der Waals surface area (Å²) in [5, 5.41) is 7.31. The molecule has 2 aromatic rings. The Morgan fingerprint density at radius 2 is 1.52 bits per heavy atom. The van der Waals surface area contributed by atoms with Gasteiger partial charge in [-0.15, -0.1) is 0 Å². The number of ketones is 1. The zero-order chi connectivity index (χ0) is 38.9. The number of likely N-dealkylation sites (tertiary alicyclic amines) is 1. The van der Waals surface area contributed by atoms with Crippen molar-refractivity contribution in [3.8, 4) is 0 Å². The molecular formula is C36H47N5O10S.